The summed E-state index contributed by atoms with van der Waals surface area (Å²) in [7, 11) is -3.21. The second-order valence-electron chi connectivity index (χ2n) is 3.60. The molecule has 1 heterocycles. The van der Waals surface area contributed by atoms with Gasteiger partial charge >= 0.3 is 0 Å². The maximum Gasteiger partial charge on any atom is 0.178 e. The van der Waals surface area contributed by atoms with Gasteiger partial charge in [-0.25, -0.2) is 13.4 Å². The molecule has 2 aromatic rings. The van der Waals surface area contributed by atoms with Gasteiger partial charge in [0.25, 0.3) is 0 Å². The molecular weight excluding hydrogens is 238 g/mol. The fourth-order valence-electron chi connectivity index (χ4n) is 1.56. The third-order valence-electron chi connectivity index (χ3n) is 2.49. The number of nitriles is 1. The topological polar surface area (TPSA) is 86.6 Å². The summed E-state index contributed by atoms with van der Waals surface area (Å²) < 4.78 is 23.4. The van der Waals surface area contributed by atoms with Crippen LogP contribution in [0.3, 0.4) is 0 Å². The predicted octanol–water partition coefficient (Wildman–Crippen LogP) is 1.42. The van der Waals surface area contributed by atoms with Crippen molar-refractivity contribution < 1.29 is 8.42 Å². The molecule has 0 aliphatic heterocycles. The number of imidazole rings is 1. The SMILES string of the molecule is CCS(=O)(=O)c1ccc2[nH]c(CC#N)nc2c1. The molecule has 0 atom stereocenters. The number of hydrogen-bond donors (Lipinski definition) is 1. The maximum atomic E-state index is 11.7. The van der Waals surface area contributed by atoms with Crippen LogP contribution in [0.2, 0.25) is 0 Å². The van der Waals surface area contributed by atoms with E-state index in [4.69, 9.17) is 5.26 Å². The second kappa shape index (κ2) is 4.18. The Hall–Kier alpha value is -1.87. The van der Waals surface area contributed by atoms with E-state index in [9.17, 15) is 8.42 Å². The first-order valence-corrected chi connectivity index (χ1v) is 6.80. The van der Waals surface area contributed by atoms with Gasteiger partial charge in [0.2, 0.25) is 0 Å². The Morgan fingerprint density at radius 2 is 2.24 bits per heavy atom. The van der Waals surface area contributed by atoms with Crippen molar-refractivity contribution >= 4 is 20.9 Å². The highest BCUT2D eigenvalue weighted by Gasteiger charge is 2.13. The van der Waals surface area contributed by atoms with E-state index in [-0.39, 0.29) is 17.1 Å². The summed E-state index contributed by atoms with van der Waals surface area (Å²) in [6.45, 7) is 1.60. The van der Waals surface area contributed by atoms with E-state index in [0.29, 0.717) is 11.3 Å². The molecule has 0 radical (unpaired) electrons. The molecule has 88 valence electrons. The van der Waals surface area contributed by atoms with Crippen LogP contribution in [0.5, 0.6) is 0 Å². The molecule has 0 bridgehead atoms. The quantitative estimate of drug-likeness (QED) is 0.891. The van der Waals surface area contributed by atoms with E-state index in [0.717, 1.165) is 5.52 Å². The summed E-state index contributed by atoms with van der Waals surface area (Å²) in [5.41, 5.74) is 1.31. The molecule has 0 aliphatic carbocycles. The van der Waals surface area contributed by atoms with E-state index in [1.54, 1.807) is 19.1 Å². The molecule has 1 aromatic heterocycles. The molecule has 0 saturated carbocycles. The van der Waals surface area contributed by atoms with Crippen LogP contribution in [0, 0.1) is 11.3 Å². The van der Waals surface area contributed by atoms with Crippen molar-refractivity contribution in [1.82, 2.24) is 9.97 Å². The first-order chi connectivity index (χ1) is 8.06. The largest absolute Gasteiger partial charge is 0.341 e. The van der Waals surface area contributed by atoms with Crippen molar-refractivity contribution in [2.24, 2.45) is 0 Å². The van der Waals surface area contributed by atoms with Gasteiger partial charge in [-0.15, -0.1) is 0 Å². The molecule has 6 heteroatoms. The van der Waals surface area contributed by atoms with Gasteiger partial charge in [-0.3, -0.25) is 0 Å². The van der Waals surface area contributed by atoms with Gasteiger partial charge in [-0.2, -0.15) is 5.26 Å². The molecule has 0 fully saturated rings. The zero-order chi connectivity index (χ0) is 12.5. The number of benzene rings is 1. The number of hydrogen-bond acceptors (Lipinski definition) is 4. The fraction of sp³-hybridized carbons (Fsp3) is 0.273. The Bertz CT molecular complexity index is 695. The lowest BCUT2D eigenvalue weighted by Gasteiger charge is -1.99. The Morgan fingerprint density at radius 3 is 2.88 bits per heavy atom. The van der Waals surface area contributed by atoms with Crippen LogP contribution >= 0.6 is 0 Å². The third kappa shape index (κ3) is 2.15. The number of nitrogens with zero attached hydrogens (tertiary/aromatic N) is 2. The first-order valence-electron chi connectivity index (χ1n) is 5.15. The smallest absolute Gasteiger partial charge is 0.178 e. The number of rotatable bonds is 3. The van der Waals surface area contributed by atoms with Gasteiger partial charge in [0.15, 0.2) is 9.84 Å². The van der Waals surface area contributed by atoms with Gasteiger partial charge in [0.05, 0.1) is 34.2 Å². The average molecular weight is 249 g/mol. The van der Waals surface area contributed by atoms with Crippen LogP contribution < -0.4 is 0 Å². The van der Waals surface area contributed by atoms with Crippen molar-refractivity contribution in [2.45, 2.75) is 18.2 Å². The van der Waals surface area contributed by atoms with E-state index in [2.05, 4.69) is 9.97 Å². The van der Waals surface area contributed by atoms with Crippen molar-refractivity contribution in [3.8, 4) is 6.07 Å². The van der Waals surface area contributed by atoms with Crippen LogP contribution in [0.15, 0.2) is 23.1 Å². The zero-order valence-electron chi connectivity index (χ0n) is 9.27. The van der Waals surface area contributed by atoms with Crippen molar-refractivity contribution in [1.29, 1.82) is 5.26 Å². The summed E-state index contributed by atoms with van der Waals surface area (Å²) in [6.07, 6.45) is 0.185. The third-order valence-corrected chi connectivity index (χ3v) is 4.22. The van der Waals surface area contributed by atoms with E-state index >= 15 is 0 Å². The number of H-pyrrole nitrogens is 1. The summed E-state index contributed by atoms with van der Waals surface area (Å²) >= 11 is 0. The van der Waals surface area contributed by atoms with Crippen LogP contribution in [0.4, 0.5) is 0 Å². The average Bonchev–Trinajstić information content (AvgIpc) is 2.70. The summed E-state index contributed by atoms with van der Waals surface area (Å²) in [4.78, 5) is 7.40. The lowest BCUT2D eigenvalue weighted by molar-refractivity contribution is 0.597. The van der Waals surface area contributed by atoms with Crippen molar-refractivity contribution in [3.05, 3.63) is 24.0 Å². The molecule has 0 aliphatic rings. The van der Waals surface area contributed by atoms with Crippen LogP contribution in [0.25, 0.3) is 11.0 Å². The molecule has 1 N–H and O–H groups in total. The molecule has 0 unspecified atom stereocenters. The fourth-order valence-corrected chi connectivity index (χ4v) is 2.46. The lowest BCUT2D eigenvalue weighted by atomic mass is 10.3. The first kappa shape index (κ1) is 11.6. The highest BCUT2D eigenvalue weighted by molar-refractivity contribution is 7.91. The minimum Gasteiger partial charge on any atom is -0.341 e. The van der Waals surface area contributed by atoms with E-state index < -0.39 is 9.84 Å². The van der Waals surface area contributed by atoms with Gasteiger partial charge in [0, 0.05) is 0 Å². The number of nitrogens with one attached hydrogen (secondary N) is 1. The summed E-state index contributed by atoms with van der Waals surface area (Å²) in [5.74, 6) is 0.613. The molecule has 2 rings (SSSR count). The predicted molar refractivity (Wildman–Crippen MR) is 63.1 cm³/mol. The normalized spacial score (nSPS) is 11.5. The second-order valence-corrected chi connectivity index (χ2v) is 5.88. The molecule has 0 amide bonds. The zero-order valence-corrected chi connectivity index (χ0v) is 10.1. The number of aromatic amines is 1. The Balaban J connectivity index is 2.55. The molecule has 0 spiro atoms. The molecule has 17 heavy (non-hydrogen) atoms. The van der Waals surface area contributed by atoms with Crippen LogP contribution in [-0.4, -0.2) is 24.1 Å². The Morgan fingerprint density at radius 1 is 1.47 bits per heavy atom. The Kier molecular flexibility index (Phi) is 2.86. The molecular formula is C11H11N3O2S. The highest BCUT2D eigenvalue weighted by Crippen LogP contribution is 2.18. The van der Waals surface area contributed by atoms with Gasteiger partial charge in [-0.1, -0.05) is 6.92 Å². The van der Waals surface area contributed by atoms with E-state index in [1.807, 2.05) is 6.07 Å². The monoisotopic (exact) mass is 249 g/mol. The summed E-state index contributed by atoms with van der Waals surface area (Å²) in [5, 5.41) is 8.56. The van der Waals surface area contributed by atoms with Crippen molar-refractivity contribution in [2.75, 3.05) is 5.75 Å². The molecule has 0 saturated heterocycles. The minimum absolute atomic E-state index is 0.0635. The van der Waals surface area contributed by atoms with Crippen molar-refractivity contribution in [3.63, 3.8) is 0 Å². The van der Waals surface area contributed by atoms with Crippen LogP contribution in [0.1, 0.15) is 12.7 Å². The number of aromatic nitrogens is 2. The lowest BCUT2D eigenvalue weighted by Crippen LogP contribution is -2.03. The van der Waals surface area contributed by atoms with Gasteiger partial charge in [0.1, 0.15) is 5.82 Å². The number of sulfone groups is 1. The van der Waals surface area contributed by atoms with Gasteiger partial charge in [-0.05, 0) is 18.2 Å². The van der Waals surface area contributed by atoms with E-state index in [1.165, 1.54) is 6.07 Å². The van der Waals surface area contributed by atoms with Gasteiger partial charge < -0.3 is 4.98 Å². The Labute approximate surface area is 99.0 Å². The highest BCUT2D eigenvalue weighted by atomic mass is 32.2. The minimum atomic E-state index is -3.21. The number of fused-ring (bicyclic) bond motifs is 1. The molecule has 1 aromatic carbocycles. The standard InChI is InChI=1S/C11H11N3O2S/c1-2-17(15,16)8-3-4-9-10(7-8)14-11(13-9)5-6-12/h3-4,7H,2,5H2,1H3,(H,13,14). The summed E-state index contributed by atoms with van der Waals surface area (Å²) in [6, 6.07) is 6.75. The molecule has 5 nitrogen and oxygen atoms in total. The maximum absolute atomic E-state index is 11.7. The van der Waals surface area contributed by atoms with Crippen LogP contribution in [-0.2, 0) is 16.3 Å².